The molecule has 0 amide bonds. The molecule has 2 N–H and O–H groups in total. The highest BCUT2D eigenvalue weighted by molar-refractivity contribution is 6.32. The summed E-state index contributed by atoms with van der Waals surface area (Å²) in [6.45, 7) is 0. The van der Waals surface area contributed by atoms with Crippen molar-refractivity contribution in [2.24, 2.45) is 0 Å². The average molecular weight is 376 g/mol. The first-order chi connectivity index (χ1) is 13.2. The number of aromatic amines is 1. The standard InChI is InChI=1S/C20H14ClN5O/c1-27-16-5-4-11(9-14(16)21)19-25-17-12-6-8-22-10-15(12)24-20-13(18(17)26-19)3-2-7-23-20/h2-10H,1H3,(H,23,24)(H,25,26). The van der Waals surface area contributed by atoms with E-state index in [-0.39, 0.29) is 0 Å². The molecule has 0 spiro atoms. The van der Waals surface area contributed by atoms with Gasteiger partial charge in [0.1, 0.15) is 23.1 Å². The fraction of sp³-hybridized carbons (Fsp3) is 0.0500. The van der Waals surface area contributed by atoms with Crippen molar-refractivity contribution in [2.45, 2.75) is 0 Å². The van der Waals surface area contributed by atoms with Crippen molar-refractivity contribution in [2.75, 3.05) is 12.4 Å². The Bertz CT molecular complexity index is 1110. The van der Waals surface area contributed by atoms with E-state index in [1.165, 1.54) is 0 Å². The molecule has 4 aromatic rings. The third-order valence-corrected chi connectivity index (χ3v) is 4.83. The van der Waals surface area contributed by atoms with Crippen molar-refractivity contribution in [3.8, 4) is 39.7 Å². The predicted molar refractivity (Wildman–Crippen MR) is 105 cm³/mol. The van der Waals surface area contributed by atoms with E-state index in [4.69, 9.17) is 21.3 Å². The second-order valence-electron chi connectivity index (χ2n) is 6.10. The van der Waals surface area contributed by atoms with E-state index in [0.717, 1.165) is 45.4 Å². The smallest absolute Gasteiger partial charge is 0.139 e. The molecule has 0 saturated carbocycles. The number of methoxy groups -OCH3 is 1. The number of pyridine rings is 2. The predicted octanol–water partition coefficient (Wildman–Crippen LogP) is 4.92. The lowest BCUT2D eigenvalue weighted by Gasteiger charge is -2.08. The van der Waals surface area contributed by atoms with Gasteiger partial charge in [-0.3, -0.25) is 4.98 Å². The van der Waals surface area contributed by atoms with Gasteiger partial charge >= 0.3 is 0 Å². The van der Waals surface area contributed by atoms with E-state index in [9.17, 15) is 0 Å². The number of hydrogen-bond donors (Lipinski definition) is 2. The van der Waals surface area contributed by atoms with Crippen LogP contribution in [0.3, 0.4) is 0 Å². The zero-order chi connectivity index (χ0) is 18.4. The number of imidazole rings is 1. The van der Waals surface area contributed by atoms with E-state index in [1.54, 1.807) is 25.7 Å². The number of benzene rings is 1. The summed E-state index contributed by atoms with van der Waals surface area (Å²) in [7, 11) is 1.60. The average Bonchev–Trinajstić information content (AvgIpc) is 3.09. The minimum absolute atomic E-state index is 0.537. The minimum atomic E-state index is 0.537. The van der Waals surface area contributed by atoms with Crippen LogP contribution in [0.5, 0.6) is 5.75 Å². The molecular formula is C20H14ClN5O. The maximum atomic E-state index is 6.30. The number of hydrogen-bond acceptors (Lipinski definition) is 5. The highest BCUT2D eigenvalue weighted by atomic mass is 35.5. The molecule has 1 aromatic carbocycles. The van der Waals surface area contributed by atoms with Crippen LogP contribution in [-0.2, 0) is 0 Å². The highest BCUT2D eigenvalue weighted by Crippen LogP contribution is 2.43. The summed E-state index contributed by atoms with van der Waals surface area (Å²) in [5, 5.41) is 3.89. The van der Waals surface area contributed by atoms with Crippen molar-refractivity contribution in [3.05, 3.63) is 60.0 Å². The molecule has 3 aromatic heterocycles. The summed E-state index contributed by atoms with van der Waals surface area (Å²) < 4.78 is 5.24. The van der Waals surface area contributed by atoms with Crippen LogP contribution in [0, 0.1) is 0 Å². The summed E-state index contributed by atoms with van der Waals surface area (Å²) in [6, 6.07) is 11.5. The Morgan fingerprint density at radius 2 is 2.00 bits per heavy atom. The summed E-state index contributed by atoms with van der Waals surface area (Å²) in [5.74, 6) is 2.10. The van der Waals surface area contributed by atoms with Crippen molar-refractivity contribution in [3.63, 3.8) is 0 Å². The number of rotatable bonds is 2. The molecule has 0 bridgehead atoms. The lowest BCUT2D eigenvalue weighted by Crippen LogP contribution is -1.95. The molecule has 0 saturated heterocycles. The fourth-order valence-electron chi connectivity index (χ4n) is 3.25. The number of fused-ring (bicyclic) bond motifs is 5. The van der Waals surface area contributed by atoms with Gasteiger partial charge < -0.3 is 15.0 Å². The van der Waals surface area contributed by atoms with Crippen molar-refractivity contribution in [1.82, 2.24) is 19.9 Å². The van der Waals surface area contributed by atoms with Crippen LogP contribution in [-0.4, -0.2) is 27.0 Å². The van der Waals surface area contributed by atoms with Crippen LogP contribution >= 0.6 is 11.6 Å². The first-order valence-electron chi connectivity index (χ1n) is 8.35. The van der Waals surface area contributed by atoms with Gasteiger partial charge in [0.05, 0.1) is 29.7 Å². The van der Waals surface area contributed by atoms with Crippen LogP contribution in [0.4, 0.5) is 11.5 Å². The summed E-state index contributed by atoms with van der Waals surface area (Å²) in [4.78, 5) is 17.0. The third kappa shape index (κ3) is 2.53. The quantitative estimate of drug-likeness (QED) is 0.458. The van der Waals surface area contributed by atoms with Gasteiger partial charge in [-0.15, -0.1) is 0 Å². The molecule has 1 aliphatic rings. The molecule has 132 valence electrons. The number of nitrogens with one attached hydrogen (secondary N) is 2. The van der Waals surface area contributed by atoms with Crippen molar-refractivity contribution < 1.29 is 4.74 Å². The van der Waals surface area contributed by atoms with Crippen LogP contribution < -0.4 is 10.1 Å². The Kier molecular flexibility index (Phi) is 3.58. The number of halogens is 1. The molecule has 5 rings (SSSR count). The molecule has 27 heavy (non-hydrogen) atoms. The van der Waals surface area contributed by atoms with Gasteiger partial charge in [0, 0.05) is 29.1 Å². The minimum Gasteiger partial charge on any atom is -0.495 e. The summed E-state index contributed by atoms with van der Waals surface area (Å²) in [6.07, 6.45) is 5.30. The number of H-pyrrole nitrogens is 1. The Hall–Kier alpha value is -3.38. The molecular weight excluding hydrogens is 362 g/mol. The molecule has 4 heterocycles. The van der Waals surface area contributed by atoms with Gasteiger partial charge in [0.25, 0.3) is 0 Å². The Labute approximate surface area is 160 Å². The van der Waals surface area contributed by atoms with E-state index in [1.807, 2.05) is 36.4 Å². The number of ether oxygens (including phenoxy) is 1. The van der Waals surface area contributed by atoms with Gasteiger partial charge in [0.2, 0.25) is 0 Å². The topological polar surface area (TPSA) is 75.7 Å². The molecule has 0 unspecified atom stereocenters. The molecule has 0 fully saturated rings. The van der Waals surface area contributed by atoms with Gasteiger partial charge in [0.15, 0.2) is 0 Å². The van der Waals surface area contributed by atoms with E-state index in [0.29, 0.717) is 10.8 Å². The molecule has 7 heteroatoms. The van der Waals surface area contributed by atoms with E-state index in [2.05, 4.69) is 20.3 Å². The molecule has 0 aliphatic carbocycles. The zero-order valence-corrected chi connectivity index (χ0v) is 15.1. The van der Waals surface area contributed by atoms with Crippen molar-refractivity contribution >= 4 is 23.1 Å². The van der Waals surface area contributed by atoms with E-state index >= 15 is 0 Å². The maximum absolute atomic E-state index is 6.30. The Morgan fingerprint density at radius 1 is 1.07 bits per heavy atom. The van der Waals surface area contributed by atoms with E-state index < -0.39 is 0 Å². The molecule has 1 aliphatic heterocycles. The molecule has 0 radical (unpaired) electrons. The number of nitrogens with zero attached hydrogens (tertiary/aromatic N) is 3. The molecule has 6 nitrogen and oxygen atoms in total. The first-order valence-corrected chi connectivity index (χ1v) is 8.73. The van der Waals surface area contributed by atoms with Gasteiger partial charge in [-0.05, 0) is 36.4 Å². The maximum Gasteiger partial charge on any atom is 0.139 e. The monoisotopic (exact) mass is 375 g/mol. The Balaban J connectivity index is 1.75. The lowest BCUT2D eigenvalue weighted by atomic mass is 10.1. The zero-order valence-electron chi connectivity index (χ0n) is 14.3. The van der Waals surface area contributed by atoms with Crippen molar-refractivity contribution in [1.29, 1.82) is 0 Å². The van der Waals surface area contributed by atoms with Crippen LogP contribution in [0.1, 0.15) is 0 Å². The van der Waals surface area contributed by atoms with Gasteiger partial charge in [-0.1, -0.05) is 11.6 Å². The highest BCUT2D eigenvalue weighted by Gasteiger charge is 2.24. The lowest BCUT2D eigenvalue weighted by molar-refractivity contribution is 0.415. The van der Waals surface area contributed by atoms with Gasteiger partial charge in [-0.2, -0.15) is 0 Å². The van der Waals surface area contributed by atoms with Gasteiger partial charge in [-0.25, -0.2) is 9.97 Å². The molecule has 0 atom stereocenters. The number of aromatic nitrogens is 4. The summed E-state index contributed by atoms with van der Waals surface area (Å²) in [5.41, 5.74) is 5.40. The normalized spacial score (nSPS) is 11.6. The second-order valence-corrected chi connectivity index (χ2v) is 6.51. The summed E-state index contributed by atoms with van der Waals surface area (Å²) >= 11 is 6.30. The van der Waals surface area contributed by atoms with Crippen LogP contribution in [0.2, 0.25) is 5.02 Å². The number of anilines is 2. The van der Waals surface area contributed by atoms with Crippen LogP contribution in [0.15, 0.2) is 55.0 Å². The fourth-order valence-corrected chi connectivity index (χ4v) is 3.51. The second kappa shape index (κ2) is 6.10. The first kappa shape index (κ1) is 15.8. The van der Waals surface area contributed by atoms with Crippen LogP contribution in [0.25, 0.3) is 33.9 Å². The Morgan fingerprint density at radius 3 is 2.85 bits per heavy atom. The largest absolute Gasteiger partial charge is 0.495 e. The third-order valence-electron chi connectivity index (χ3n) is 4.54. The SMILES string of the molecule is COc1ccc(-c2nc3c([nH]2)-c2ccncc2Nc2ncccc2-3)cc1Cl.